The van der Waals surface area contributed by atoms with Crippen molar-refractivity contribution < 1.29 is 0 Å². The van der Waals surface area contributed by atoms with Crippen LogP contribution in [0.2, 0.25) is 0 Å². The van der Waals surface area contributed by atoms with Gasteiger partial charge in [-0.25, -0.2) is 0 Å². The lowest BCUT2D eigenvalue weighted by Gasteiger charge is -2.32. The van der Waals surface area contributed by atoms with Crippen LogP contribution in [0.15, 0.2) is 224 Å². The summed E-state index contributed by atoms with van der Waals surface area (Å²) in [6, 6.07) is 83.0. The summed E-state index contributed by atoms with van der Waals surface area (Å²) in [5.41, 5.74) is 18.4. The summed E-state index contributed by atoms with van der Waals surface area (Å²) in [6.45, 7) is 0. The molecule has 2 aliphatic carbocycles. The van der Waals surface area contributed by atoms with Crippen LogP contribution in [0.1, 0.15) is 22.3 Å². The molecule has 0 heterocycles. The van der Waals surface area contributed by atoms with Gasteiger partial charge in [0.1, 0.15) is 0 Å². The Morgan fingerprint density at radius 3 is 1.45 bits per heavy atom. The molecule has 0 N–H and O–H groups in total. The van der Waals surface area contributed by atoms with Crippen LogP contribution in [0.25, 0.3) is 66.1 Å². The van der Waals surface area contributed by atoms with Crippen molar-refractivity contribution in [1.82, 2.24) is 0 Å². The van der Waals surface area contributed by atoms with Crippen LogP contribution in [-0.2, 0) is 5.41 Å². The van der Waals surface area contributed by atoms with Gasteiger partial charge in [-0.15, -0.1) is 0 Å². The van der Waals surface area contributed by atoms with Gasteiger partial charge >= 0.3 is 0 Å². The van der Waals surface area contributed by atoms with E-state index < -0.39 is 5.41 Å². The van der Waals surface area contributed by atoms with Gasteiger partial charge in [0.25, 0.3) is 0 Å². The second kappa shape index (κ2) is 12.8. The molecule has 1 nitrogen and oxygen atoms in total. The lowest BCUT2D eigenvalue weighted by Crippen LogP contribution is -2.26. The van der Waals surface area contributed by atoms with Crippen molar-refractivity contribution in [3.05, 3.63) is 247 Å². The van der Waals surface area contributed by atoms with Crippen LogP contribution < -0.4 is 4.90 Å². The molecule has 0 fully saturated rings. The first-order valence-corrected chi connectivity index (χ1v) is 20.2. The molecular formula is C57H37N. The van der Waals surface area contributed by atoms with Gasteiger partial charge in [-0.05, 0) is 102 Å². The Morgan fingerprint density at radius 2 is 0.759 bits per heavy atom. The molecule has 58 heavy (non-hydrogen) atoms. The van der Waals surface area contributed by atoms with Crippen LogP contribution in [0.4, 0.5) is 17.1 Å². The van der Waals surface area contributed by atoms with Crippen molar-refractivity contribution in [3.8, 4) is 44.5 Å². The Bertz CT molecular complexity index is 3170. The molecule has 0 bridgehead atoms. The summed E-state index contributed by atoms with van der Waals surface area (Å²) in [6.07, 6.45) is 0. The quantitative estimate of drug-likeness (QED) is 0.159. The molecule has 270 valence electrons. The fourth-order valence-electron chi connectivity index (χ4n) is 10.2. The molecule has 0 aromatic heterocycles. The summed E-state index contributed by atoms with van der Waals surface area (Å²) in [5, 5.41) is 4.95. The first-order chi connectivity index (χ1) is 28.8. The minimum absolute atomic E-state index is 0.429. The van der Waals surface area contributed by atoms with E-state index in [4.69, 9.17) is 0 Å². The highest BCUT2D eigenvalue weighted by Crippen LogP contribution is 2.64. The van der Waals surface area contributed by atoms with Gasteiger partial charge in [-0.2, -0.15) is 0 Å². The third kappa shape index (κ3) is 4.65. The number of anilines is 3. The second-order valence-electron chi connectivity index (χ2n) is 15.6. The van der Waals surface area contributed by atoms with Crippen molar-refractivity contribution in [3.63, 3.8) is 0 Å². The highest BCUT2D eigenvalue weighted by Gasteiger charge is 2.52. The average Bonchev–Trinajstić information content (AvgIpc) is 3.78. The SMILES string of the molecule is c1ccc(-c2ccc(-c3ccc(N(c4cccc5c4-c4ccccc4C54c5ccccc5-c5ccccc54)c4cccc5ccc6ccccc6c45)cc3)cc2)cc1. The number of benzene rings is 10. The van der Waals surface area contributed by atoms with Crippen LogP contribution in [0.5, 0.6) is 0 Å². The lowest BCUT2D eigenvalue weighted by atomic mass is 9.70. The van der Waals surface area contributed by atoms with E-state index >= 15 is 0 Å². The number of hydrogen-bond donors (Lipinski definition) is 0. The molecule has 0 unspecified atom stereocenters. The topological polar surface area (TPSA) is 3.24 Å². The van der Waals surface area contributed by atoms with E-state index in [-0.39, 0.29) is 0 Å². The monoisotopic (exact) mass is 735 g/mol. The normalized spacial score (nSPS) is 13.0. The van der Waals surface area contributed by atoms with Gasteiger partial charge < -0.3 is 4.90 Å². The van der Waals surface area contributed by atoms with Crippen molar-refractivity contribution in [1.29, 1.82) is 0 Å². The molecule has 0 amide bonds. The highest BCUT2D eigenvalue weighted by atomic mass is 15.1. The largest absolute Gasteiger partial charge is 0.309 e. The molecule has 10 aromatic carbocycles. The summed E-state index contributed by atoms with van der Waals surface area (Å²) in [5.74, 6) is 0. The van der Waals surface area contributed by atoms with Crippen molar-refractivity contribution in [2.45, 2.75) is 5.41 Å². The van der Waals surface area contributed by atoms with Crippen molar-refractivity contribution in [2.24, 2.45) is 0 Å². The summed E-state index contributed by atoms with van der Waals surface area (Å²) < 4.78 is 0. The lowest BCUT2D eigenvalue weighted by molar-refractivity contribution is 0.794. The maximum absolute atomic E-state index is 2.53. The second-order valence-corrected chi connectivity index (χ2v) is 15.6. The van der Waals surface area contributed by atoms with Gasteiger partial charge in [0.2, 0.25) is 0 Å². The first kappa shape index (κ1) is 32.7. The molecule has 0 aliphatic heterocycles. The molecule has 1 heteroatoms. The molecule has 0 saturated heterocycles. The molecule has 2 aliphatic rings. The summed E-state index contributed by atoms with van der Waals surface area (Å²) in [4.78, 5) is 2.53. The number of hydrogen-bond acceptors (Lipinski definition) is 1. The zero-order chi connectivity index (χ0) is 38.2. The molecule has 0 radical (unpaired) electrons. The molecular weight excluding hydrogens is 699 g/mol. The van der Waals surface area contributed by atoms with E-state index in [1.54, 1.807) is 0 Å². The molecule has 0 saturated carbocycles. The Balaban J connectivity index is 1.11. The van der Waals surface area contributed by atoms with Crippen molar-refractivity contribution >= 4 is 38.6 Å². The van der Waals surface area contributed by atoms with E-state index in [0.29, 0.717) is 0 Å². The zero-order valence-electron chi connectivity index (χ0n) is 31.8. The van der Waals surface area contributed by atoms with E-state index in [1.807, 2.05) is 0 Å². The Hall–Kier alpha value is -7.48. The van der Waals surface area contributed by atoms with Gasteiger partial charge in [0.05, 0.1) is 16.8 Å². The van der Waals surface area contributed by atoms with Crippen LogP contribution >= 0.6 is 0 Å². The van der Waals surface area contributed by atoms with E-state index in [9.17, 15) is 0 Å². The number of nitrogens with zero attached hydrogens (tertiary/aromatic N) is 1. The van der Waals surface area contributed by atoms with E-state index in [1.165, 1.54) is 94.0 Å². The highest BCUT2D eigenvalue weighted by molar-refractivity contribution is 6.16. The summed E-state index contributed by atoms with van der Waals surface area (Å²) in [7, 11) is 0. The van der Waals surface area contributed by atoms with Crippen LogP contribution in [0, 0.1) is 0 Å². The summed E-state index contributed by atoms with van der Waals surface area (Å²) >= 11 is 0. The first-order valence-electron chi connectivity index (χ1n) is 20.2. The van der Waals surface area contributed by atoms with Gasteiger partial charge in [0.15, 0.2) is 0 Å². The van der Waals surface area contributed by atoms with E-state index in [2.05, 4.69) is 229 Å². The molecule has 1 spiro atoms. The van der Waals surface area contributed by atoms with Crippen LogP contribution in [-0.4, -0.2) is 0 Å². The van der Waals surface area contributed by atoms with Gasteiger partial charge in [-0.3, -0.25) is 0 Å². The fraction of sp³-hybridized carbons (Fsp3) is 0.0175. The minimum atomic E-state index is -0.429. The standard InChI is InChI=1S/C57H37N/c1-2-14-38(15-3-1)39-28-30-40(31-29-39)41-34-36-44(37-35-41)58(53-26-12-17-43-33-32-42-16-4-5-18-45(42)55(43)53)54-27-13-25-52-56(54)48-21-8-11-24-51(48)57(52)49-22-9-6-19-46(49)47-20-7-10-23-50(47)57/h1-37H. The number of rotatable bonds is 5. The third-order valence-corrected chi connectivity index (χ3v) is 12.7. The predicted octanol–water partition coefficient (Wildman–Crippen LogP) is 15.1. The maximum Gasteiger partial charge on any atom is 0.0726 e. The van der Waals surface area contributed by atoms with Crippen molar-refractivity contribution in [2.75, 3.05) is 4.90 Å². The Kier molecular flexibility index (Phi) is 7.21. The predicted molar refractivity (Wildman–Crippen MR) is 243 cm³/mol. The minimum Gasteiger partial charge on any atom is -0.309 e. The average molecular weight is 736 g/mol. The number of fused-ring (bicyclic) bond motifs is 13. The molecule has 10 aromatic rings. The molecule has 0 atom stereocenters. The Morgan fingerprint density at radius 1 is 0.293 bits per heavy atom. The maximum atomic E-state index is 2.53. The molecule has 12 rings (SSSR count). The third-order valence-electron chi connectivity index (χ3n) is 12.7. The van der Waals surface area contributed by atoms with Crippen LogP contribution in [0.3, 0.4) is 0 Å². The fourth-order valence-corrected chi connectivity index (χ4v) is 10.2. The van der Waals surface area contributed by atoms with Gasteiger partial charge in [0, 0.05) is 16.6 Å². The zero-order valence-corrected chi connectivity index (χ0v) is 31.8. The van der Waals surface area contributed by atoms with Gasteiger partial charge in [-0.1, -0.05) is 200 Å². The Labute approximate surface area is 338 Å². The smallest absolute Gasteiger partial charge is 0.0726 e. The van der Waals surface area contributed by atoms with E-state index in [0.717, 1.165) is 11.4 Å².